The van der Waals surface area contributed by atoms with Gasteiger partial charge < -0.3 is 46.1 Å². The molecule has 0 spiro atoms. The van der Waals surface area contributed by atoms with E-state index in [-0.39, 0.29) is 67.9 Å². The van der Waals surface area contributed by atoms with Crippen molar-refractivity contribution in [2.75, 3.05) is 0 Å². The Morgan fingerprint density at radius 2 is 0.367 bits per heavy atom. The first-order chi connectivity index (χ1) is 12.6. The summed E-state index contributed by atoms with van der Waals surface area (Å²) in [5.41, 5.74) is 0. The van der Waals surface area contributed by atoms with E-state index >= 15 is 0 Å². The van der Waals surface area contributed by atoms with Crippen molar-refractivity contribution >= 4 is 0 Å². The van der Waals surface area contributed by atoms with Crippen molar-refractivity contribution in [1.82, 2.24) is 0 Å². The van der Waals surface area contributed by atoms with E-state index in [1.165, 1.54) is 0 Å². The zero-order valence-electron chi connectivity index (χ0n) is 23.4. The monoisotopic (exact) mass is 508 g/mol. The second-order valence-electron chi connectivity index (χ2n) is 6.68. The minimum absolute atomic E-state index is 0. The molecule has 0 aromatic rings. The van der Waals surface area contributed by atoms with Crippen LogP contribution in [0.4, 0.5) is 0 Å². The molecule has 0 bridgehead atoms. The predicted molar refractivity (Wildman–Crippen MR) is 132 cm³/mol. The maximum Gasteiger partial charge on any atom is 4.00 e. The van der Waals surface area contributed by atoms with E-state index < -0.39 is 0 Å². The van der Waals surface area contributed by atoms with Gasteiger partial charge in [-0.25, -0.2) is 0 Å². The fourth-order valence-corrected chi connectivity index (χ4v) is 0. The van der Waals surface area contributed by atoms with Crippen LogP contribution in [0.15, 0.2) is 0 Å². The van der Waals surface area contributed by atoms with Gasteiger partial charge in [-0.1, -0.05) is 0 Å². The van der Waals surface area contributed by atoms with Crippen LogP contribution < -0.4 is 0 Å². The summed E-state index contributed by atoms with van der Waals surface area (Å²) in [5.74, 6) is 0. The normalized spacial score (nSPS) is 7.20. The summed E-state index contributed by atoms with van der Waals surface area (Å²) in [6.45, 7) is 29.8. The van der Waals surface area contributed by atoms with Gasteiger partial charge in [0, 0.05) is 46.1 Å². The van der Waals surface area contributed by atoms with E-state index in [2.05, 4.69) is 0 Å². The molecule has 0 heterocycles. The van der Waals surface area contributed by atoms with Gasteiger partial charge in [0.1, 0.15) is 0 Å². The van der Waals surface area contributed by atoms with Crippen LogP contribution in [0.3, 0.4) is 0 Å². The average Bonchev–Trinajstić information content (AvgIpc) is 2.38. The van der Waals surface area contributed by atoms with Crippen LogP contribution in [-0.4, -0.2) is 44.8 Å². The zero-order chi connectivity index (χ0) is 25.1. The molecule has 0 radical (unpaired) electrons. The Labute approximate surface area is 223 Å². The molecule has 0 saturated carbocycles. The van der Waals surface area contributed by atoms with E-state index in [0.29, 0.717) is 0 Å². The molecular weight excluding hydrogens is 448 g/mol. The molecule has 0 rings (SSSR count). The Hall–Kier alpha value is 1.27. The van der Waals surface area contributed by atoms with Crippen molar-refractivity contribution in [3.05, 3.63) is 25.7 Å². The minimum Gasteiger partial charge on any atom is -0.394 e. The van der Waals surface area contributed by atoms with Gasteiger partial charge in [-0.15, -0.1) is 0 Å². The first-order valence-electron chi connectivity index (χ1n) is 10.3. The third-order valence-corrected chi connectivity index (χ3v) is 0. The molecular formula is C24H60O4Ti2. The standard InChI is InChI=1S/4C3H8O.4C3H7.2Ti/c4*1-3(2)4;4*1-3-2;;/h4*3-4H,1-2H3;4*3H,1-2H3;;/q;;;;4*-1;;+4. The van der Waals surface area contributed by atoms with Gasteiger partial charge in [-0.3, -0.25) is 0 Å². The maximum atomic E-state index is 8.06. The number of rotatable bonds is 0. The van der Waals surface area contributed by atoms with Gasteiger partial charge in [-0.2, -0.15) is 55.4 Å². The molecule has 4 N–H and O–H groups in total. The van der Waals surface area contributed by atoms with Crippen molar-refractivity contribution in [1.29, 1.82) is 0 Å². The third kappa shape index (κ3) is 14500. The van der Waals surface area contributed by atoms with E-state index in [9.17, 15) is 0 Å². The Balaban J connectivity index is -0.0000000189. The molecule has 0 aromatic carbocycles. The molecule has 0 amide bonds. The number of hydrogen-bond acceptors (Lipinski definition) is 4. The average molecular weight is 508 g/mol. The van der Waals surface area contributed by atoms with E-state index in [1.54, 1.807) is 55.4 Å². The molecule has 0 atom stereocenters. The smallest absolute Gasteiger partial charge is 0.394 e. The Kier molecular flexibility index (Phi) is 184. The Morgan fingerprint density at radius 1 is 0.367 bits per heavy atom. The van der Waals surface area contributed by atoms with E-state index in [0.717, 1.165) is 0 Å². The molecule has 30 heavy (non-hydrogen) atoms. The first kappa shape index (κ1) is 63.3. The van der Waals surface area contributed by atoms with E-state index in [1.807, 2.05) is 81.1 Å². The molecule has 0 fully saturated rings. The fraction of sp³-hybridized carbons (Fsp3) is 0.833. The SMILES string of the molecule is CC(C)O.CC(C)O.CC(C)O.CC(C)O.C[CH-]C.C[CH-]C.C[CH-]C.C[CH-]C.[Ti+4].[Ti]. The molecule has 0 aromatic heterocycles. The van der Waals surface area contributed by atoms with Crippen LogP contribution in [0.2, 0.25) is 0 Å². The van der Waals surface area contributed by atoms with Crippen molar-refractivity contribution in [3.63, 3.8) is 0 Å². The van der Waals surface area contributed by atoms with Gasteiger partial charge in [0.15, 0.2) is 0 Å². The van der Waals surface area contributed by atoms with Crippen molar-refractivity contribution in [2.24, 2.45) is 0 Å². The van der Waals surface area contributed by atoms with Gasteiger partial charge in [-0.05, 0) is 55.4 Å². The molecule has 0 aliphatic heterocycles. The summed E-state index contributed by atoms with van der Waals surface area (Å²) in [7, 11) is 0. The minimum atomic E-state index is -0.167. The summed E-state index contributed by atoms with van der Waals surface area (Å²) in [4.78, 5) is 0. The second kappa shape index (κ2) is 87.0. The summed E-state index contributed by atoms with van der Waals surface area (Å²) < 4.78 is 0. The Bertz CT molecular complexity index is 104. The summed E-state index contributed by atoms with van der Waals surface area (Å²) in [6.07, 6.45) is 7.33. The predicted octanol–water partition coefficient (Wildman–Crippen LogP) is 6.47. The first-order valence-corrected chi connectivity index (χ1v) is 10.3. The Morgan fingerprint density at radius 3 is 0.367 bits per heavy atom. The van der Waals surface area contributed by atoms with E-state index in [4.69, 9.17) is 20.4 Å². The van der Waals surface area contributed by atoms with Gasteiger partial charge in [0.05, 0.1) is 0 Å². The molecule has 0 saturated heterocycles. The quantitative estimate of drug-likeness (QED) is 0.224. The summed E-state index contributed by atoms with van der Waals surface area (Å²) >= 11 is 0. The van der Waals surface area contributed by atoms with Gasteiger partial charge in [0.25, 0.3) is 0 Å². The summed E-state index contributed by atoms with van der Waals surface area (Å²) in [6, 6.07) is 0. The number of aliphatic hydroxyl groups is 4. The summed E-state index contributed by atoms with van der Waals surface area (Å²) in [5, 5.41) is 32.2. The van der Waals surface area contributed by atoms with Crippen molar-refractivity contribution in [2.45, 2.75) is 135 Å². The van der Waals surface area contributed by atoms with Gasteiger partial charge >= 0.3 is 21.7 Å². The second-order valence-corrected chi connectivity index (χ2v) is 6.68. The molecule has 0 aliphatic rings. The topological polar surface area (TPSA) is 80.9 Å². The van der Waals surface area contributed by atoms with Crippen LogP contribution in [0.5, 0.6) is 0 Å². The van der Waals surface area contributed by atoms with Crippen LogP contribution in [-0.2, 0) is 43.4 Å². The molecule has 4 nitrogen and oxygen atoms in total. The van der Waals surface area contributed by atoms with Gasteiger partial charge in [0.2, 0.25) is 0 Å². The molecule has 0 unspecified atom stereocenters. The largest absolute Gasteiger partial charge is 4.00 e. The molecule has 6 heteroatoms. The number of aliphatic hydroxyl groups excluding tert-OH is 4. The fourth-order valence-electron chi connectivity index (χ4n) is 0. The van der Waals surface area contributed by atoms with Crippen LogP contribution in [0.25, 0.3) is 0 Å². The van der Waals surface area contributed by atoms with Crippen molar-refractivity contribution < 1.29 is 63.9 Å². The van der Waals surface area contributed by atoms with Crippen LogP contribution in [0, 0.1) is 25.7 Å². The van der Waals surface area contributed by atoms with Crippen molar-refractivity contribution in [3.8, 4) is 0 Å². The molecule has 188 valence electrons. The zero-order valence-corrected chi connectivity index (χ0v) is 26.5. The van der Waals surface area contributed by atoms with Crippen LogP contribution >= 0.6 is 0 Å². The number of hydrogen-bond donors (Lipinski definition) is 4. The third-order valence-electron chi connectivity index (χ3n) is 0. The molecule has 0 aliphatic carbocycles. The maximum absolute atomic E-state index is 8.06. The van der Waals surface area contributed by atoms with Crippen LogP contribution in [0.1, 0.15) is 111 Å².